The van der Waals surface area contributed by atoms with E-state index in [-0.39, 0.29) is 36.3 Å². The third-order valence-electron chi connectivity index (χ3n) is 8.41. The minimum atomic E-state index is -1.87. The Bertz CT molecular complexity index is 1460. The zero-order valence-electron chi connectivity index (χ0n) is 25.3. The van der Waals surface area contributed by atoms with Gasteiger partial charge in [-0.1, -0.05) is 6.07 Å². The molecule has 0 unspecified atom stereocenters. The minimum Gasteiger partial charge on any atom is -0.504 e. The van der Waals surface area contributed by atoms with Crippen molar-refractivity contribution in [2.24, 2.45) is 0 Å². The molecule has 3 aliphatic rings. The number of benzene rings is 2. The lowest BCUT2D eigenvalue weighted by atomic mass is 9.83. The highest BCUT2D eigenvalue weighted by atomic mass is 19.1. The van der Waals surface area contributed by atoms with Gasteiger partial charge in [0.05, 0.1) is 6.04 Å². The van der Waals surface area contributed by atoms with E-state index >= 15 is 0 Å². The van der Waals surface area contributed by atoms with Crippen molar-refractivity contribution in [3.05, 3.63) is 71.1 Å². The minimum absolute atomic E-state index is 0.0607. The maximum Gasteiger partial charge on any atom is 0.247 e. The Morgan fingerprint density at radius 3 is 2.39 bits per heavy atom. The van der Waals surface area contributed by atoms with E-state index in [1.54, 1.807) is 13.0 Å². The van der Waals surface area contributed by atoms with Crippen LogP contribution < -0.4 is 14.8 Å². The molecule has 10 atom stereocenters. The summed E-state index contributed by atoms with van der Waals surface area (Å²) in [4.78, 5) is 12.9. The number of carbonyl (C=O) groups excluding carboxylic acids is 1. The lowest BCUT2D eigenvalue weighted by Gasteiger charge is -2.41. The number of aliphatic hydroxyl groups is 5. The normalized spacial score (nSPS) is 34.7. The number of phenolic OH excluding ortho intramolecular Hbond substituents is 1. The number of halogens is 1. The highest BCUT2D eigenvalue weighted by molar-refractivity contribution is 5.97. The predicted molar refractivity (Wildman–Crippen MR) is 158 cm³/mol. The molecule has 7 N–H and O–H groups in total. The summed E-state index contributed by atoms with van der Waals surface area (Å²) in [6, 6.07) is 8.51. The molecule has 1 amide bonds. The van der Waals surface area contributed by atoms with Crippen LogP contribution in [0.3, 0.4) is 0 Å². The molecule has 2 saturated heterocycles. The maximum atomic E-state index is 13.1. The van der Waals surface area contributed by atoms with Gasteiger partial charge in [0.1, 0.15) is 67.7 Å². The van der Waals surface area contributed by atoms with Gasteiger partial charge in [-0.05, 0) is 80.5 Å². The molecule has 14 heteroatoms. The number of aromatic hydroxyl groups is 1. The summed E-state index contributed by atoms with van der Waals surface area (Å²) in [6.07, 6.45) is -6.65. The van der Waals surface area contributed by atoms with Gasteiger partial charge in [-0.2, -0.15) is 0 Å². The van der Waals surface area contributed by atoms with Gasteiger partial charge in [0.2, 0.25) is 12.2 Å². The van der Waals surface area contributed by atoms with Gasteiger partial charge in [0.25, 0.3) is 0 Å². The summed E-state index contributed by atoms with van der Waals surface area (Å²) in [7, 11) is 0. The molecular weight excluding hydrogens is 609 g/mol. The molecule has 250 valence electrons. The van der Waals surface area contributed by atoms with Crippen molar-refractivity contribution in [3.8, 4) is 17.2 Å². The zero-order chi connectivity index (χ0) is 33.3. The number of ether oxygens (including phenoxy) is 5. The van der Waals surface area contributed by atoms with E-state index in [1.165, 1.54) is 62.4 Å². The second-order valence-electron chi connectivity index (χ2n) is 11.8. The van der Waals surface area contributed by atoms with Crippen molar-refractivity contribution < 1.29 is 63.5 Å². The van der Waals surface area contributed by atoms with E-state index in [1.807, 2.05) is 0 Å². The van der Waals surface area contributed by atoms with Crippen molar-refractivity contribution in [3.63, 3.8) is 0 Å². The molecule has 0 bridgehead atoms. The fourth-order valence-electron chi connectivity index (χ4n) is 5.59. The topological polar surface area (TPSA) is 197 Å². The Kier molecular flexibility index (Phi) is 10.0. The summed E-state index contributed by atoms with van der Waals surface area (Å²) >= 11 is 0. The number of phenols is 1. The van der Waals surface area contributed by atoms with Gasteiger partial charge >= 0.3 is 0 Å². The van der Waals surface area contributed by atoms with Crippen molar-refractivity contribution in [1.82, 2.24) is 5.32 Å². The summed E-state index contributed by atoms with van der Waals surface area (Å²) in [6.45, 7) is 4.45. The monoisotopic (exact) mass is 647 g/mol. The number of hydrogen-bond donors (Lipinski definition) is 7. The summed E-state index contributed by atoms with van der Waals surface area (Å²) < 4.78 is 40.8. The zero-order valence-corrected chi connectivity index (χ0v) is 25.3. The van der Waals surface area contributed by atoms with Crippen LogP contribution in [0.4, 0.5) is 4.39 Å². The highest BCUT2D eigenvalue weighted by Gasteiger charge is 2.55. The molecule has 5 rings (SSSR count). The van der Waals surface area contributed by atoms with Crippen molar-refractivity contribution >= 4 is 12.0 Å². The number of aliphatic hydroxyl groups excluding tert-OH is 4. The molecular formula is C32H38FNO12. The summed E-state index contributed by atoms with van der Waals surface area (Å²) in [5.74, 6) is -0.988. The van der Waals surface area contributed by atoms with Crippen LogP contribution in [-0.2, 0) is 19.0 Å². The molecule has 0 aromatic heterocycles. The van der Waals surface area contributed by atoms with Crippen LogP contribution in [-0.4, -0.2) is 111 Å². The molecule has 46 heavy (non-hydrogen) atoms. The number of carbonyl (C=O) groups is 1. The lowest BCUT2D eigenvalue weighted by Crippen LogP contribution is -2.67. The fourth-order valence-corrected chi connectivity index (χ4v) is 5.59. The van der Waals surface area contributed by atoms with Gasteiger partial charge in [-0.15, -0.1) is 0 Å². The van der Waals surface area contributed by atoms with E-state index in [0.717, 1.165) is 0 Å². The van der Waals surface area contributed by atoms with Gasteiger partial charge < -0.3 is 59.6 Å². The van der Waals surface area contributed by atoms with E-state index in [9.17, 15) is 39.8 Å². The predicted octanol–water partition coefficient (Wildman–Crippen LogP) is 0.498. The first-order valence-electron chi connectivity index (χ1n) is 14.6. The van der Waals surface area contributed by atoms with E-state index in [0.29, 0.717) is 16.9 Å². The molecule has 0 radical (unpaired) electrons. The molecule has 3 fully saturated rings. The molecule has 13 nitrogen and oxygen atoms in total. The molecule has 2 aromatic carbocycles. The Morgan fingerprint density at radius 1 is 1.04 bits per heavy atom. The highest BCUT2D eigenvalue weighted by Crippen LogP contribution is 2.38. The van der Waals surface area contributed by atoms with E-state index < -0.39 is 66.6 Å². The third-order valence-corrected chi connectivity index (χ3v) is 8.41. The molecule has 1 saturated carbocycles. The number of amides is 1. The SMILES string of the molecule is CC(=Cc1ccc(O[C@@H]2O[C@H](C(C)=CCOc3ccc(F)cc3)[C@@H](O)[C@@]2(C)O)c(O)c1)C(=O)N[C@@H]1[C@H](O)[C@@H](O)[C@H]2OCO[C@H]2[C@@H]1O. The average molecular weight is 648 g/mol. The first kappa shape index (κ1) is 33.8. The first-order chi connectivity index (χ1) is 21.8. The van der Waals surface area contributed by atoms with Crippen LogP contribution in [0.2, 0.25) is 0 Å². The Balaban J connectivity index is 1.20. The molecule has 2 aliphatic heterocycles. The second-order valence-corrected chi connectivity index (χ2v) is 11.8. The van der Waals surface area contributed by atoms with Crippen LogP contribution >= 0.6 is 0 Å². The van der Waals surface area contributed by atoms with Crippen molar-refractivity contribution in [1.29, 1.82) is 0 Å². The first-order valence-corrected chi connectivity index (χ1v) is 14.6. The summed E-state index contributed by atoms with van der Waals surface area (Å²) in [5, 5.41) is 66.4. The largest absolute Gasteiger partial charge is 0.504 e. The van der Waals surface area contributed by atoms with Gasteiger partial charge in [0, 0.05) is 5.57 Å². The van der Waals surface area contributed by atoms with Crippen LogP contribution in [0.25, 0.3) is 6.08 Å². The molecule has 2 heterocycles. The van der Waals surface area contributed by atoms with Crippen LogP contribution in [0, 0.1) is 5.82 Å². The second kappa shape index (κ2) is 13.6. The average Bonchev–Trinajstić information content (AvgIpc) is 3.60. The maximum absolute atomic E-state index is 13.1. The smallest absolute Gasteiger partial charge is 0.247 e. The number of nitrogens with one attached hydrogen (secondary N) is 1. The van der Waals surface area contributed by atoms with Crippen LogP contribution in [0.5, 0.6) is 17.2 Å². The molecule has 0 spiro atoms. The van der Waals surface area contributed by atoms with Crippen LogP contribution in [0.15, 0.2) is 59.7 Å². The van der Waals surface area contributed by atoms with E-state index in [2.05, 4.69) is 5.32 Å². The Labute approximate surface area is 264 Å². The molecule has 2 aromatic rings. The standard InChI is InChI=1S/C32H38FNO12/c1-15(10-11-42-19-7-5-18(33)6-8-19)26-29(39)32(3,41)31(46-26)45-21-9-4-17(13-20(21)35)12-16(2)30(40)34-22-23(36)25(38)28-27(24(22)37)43-14-44-28/h4-10,12-13,22-29,31,35-39,41H,11,14H2,1-3H3,(H,34,40)/t22-,23+,24-,25-,26-,27+,28-,29-,31-,32-/m1/s1. The number of hydrogen-bond acceptors (Lipinski definition) is 12. The quantitative estimate of drug-likeness (QED) is 0.147. The third kappa shape index (κ3) is 6.89. The number of fused-ring (bicyclic) bond motifs is 1. The van der Waals surface area contributed by atoms with Crippen molar-refractivity contribution in [2.45, 2.75) is 81.4 Å². The Hall–Kier alpha value is -3.60. The van der Waals surface area contributed by atoms with Gasteiger partial charge in [0.15, 0.2) is 17.1 Å². The fraction of sp³-hybridized carbons (Fsp3) is 0.469. The molecule has 1 aliphatic carbocycles. The van der Waals surface area contributed by atoms with Crippen LogP contribution in [0.1, 0.15) is 26.3 Å². The Morgan fingerprint density at radius 2 is 1.72 bits per heavy atom. The van der Waals surface area contributed by atoms with Crippen molar-refractivity contribution in [2.75, 3.05) is 13.4 Å². The lowest BCUT2D eigenvalue weighted by molar-refractivity contribution is -0.155. The van der Waals surface area contributed by atoms with E-state index in [4.69, 9.17) is 23.7 Å². The number of rotatable bonds is 9. The summed E-state index contributed by atoms with van der Waals surface area (Å²) in [5.41, 5.74) is -0.765. The van der Waals surface area contributed by atoms with Gasteiger partial charge in [-0.3, -0.25) is 4.79 Å². The van der Waals surface area contributed by atoms with Gasteiger partial charge in [-0.25, -0.2) is 4.39 Å².